The Bertz CT molecular complexity index is 412. The Morgan fingerprint density at radius 1 is 1.25 bits per heavy atom. The standard InChI is InChI=1S/C16H23NO3/c1-2-5-16(18)20-15-9-7-14(8-10-15)19-11-4-3-6-13-12-17-13/h7-10,13,17H,2-6,11-12H2,1H3. The summed E-state index contributed by atoms with van der Waals surface area (Å²) in [5.41, 5.74) is 0. The van der Waals surface area contributed by atoms with Crippen LogP contribution in [0.2, 0.25) is 0 Å². The molecule has 0 aliphatic carbocycles. The molecule has 2 rings (SSSR count). The van der Waals surface area contributed by atoms with Gasteiger partial charge in [0.15, 0.2) is 0 Å². The Hall–Kier alpha value is -1.55. The Morgan fingerprint density at radius 2 is 1.95 bits per heavy atom. The lowest BCUT2D eigenvalue weighted by Crippen LogP contribution is -2.06. The van der Waals surface area contributed by atoms with Crippen molar-refractivity contribution in [3.05, 3.63) is 24.3 Å². The van der Waals surface area contributed by atoms with Crippen LogP contribution in [0.15, 0.2) is 24.3 Å². The molecule has 0 radical (unpaired) electrons. The minimum Gasteiger partial charge on any atom is -0.494 e. The second-order valence-corrected chi connectivity index (χ2v) is 5.14. The van der Waals surface area contributed by atoms with Crippen LogP contribution >= 0.6 is 0 Å². The second kappa shape index (κ2) is 7.90. The number of ether oxygens (including phenoxy) is 2. The van der Waals surface area contributed by atoms with Crippen LogP contribution in [0.1, 0.15) is 39.0 Å². The summed E-state index contributed by atoms with van der Waals surface area (Å²) in [6, 6.07) is 7.99. The maximum atomic E-state index is 11.3. The number of hydrogen-bond acceptors (Lipinski definition) is 4. The summed E-state index contributed by atoms with van der Waals surface area (Å²) in [7, 11) is 0. The summed E-state index contributed by atoms with van der Waals surface area (Å²) in [4.78, 5) is 11.3. The molecule has 1 aliphatic heterocycles. The fourth-order valence-corrected chi connectivity index (χ4v) is 1.96. The molecule has 1 saturated heterocycles. The molecule has 1 aliphatic rings. The van der Waals surface area contributed by atoms with E-state index in [-0.39, 0.29) is 5.97 Å². The topological polar surface area (TPSA) is 57.5 Å². The number of rotatable bonds is 9. The Labute approximate surface area is 120 Å². The zero-order valence-corrected chi connectivity index (χ0v) is 12.1. The van der Waals surface area contributed by atoms with E-state index < -0.39 is 0 Å². The molecule has 1 N–H and O–H groups in total. The van der Waals surface area contributed by atoms with E-state index >= 15 is 0 Å². The third-order valence-electron chi connectivity index (χ3n) is 3.22. The highest BCUT2D eigenvalue weighted by molar-refractivity contribution is 5.72. The lowest BCUT2D eigenvalue weighted by atomic mass is 10.2. The molecule has 1 aromatic rings. The van der Waals surface area contributed by atoms with E-state index in [1.165, 1.54) is 19.4 Å². The summed E-state index contributed by atoms with van der Waals surface area (Å²) >= 11 is 0. The third kappa shape index (κ3) is 5.61. The minimum atomic E-state index is -0.185. The smallest absolute Gasteiger partial charge is 0.311 e. The first-order valence-electron chi connectivity index (χ1n) is 7.45. The molecule has 0 spiro atoms. The fourth-order valence-electron chi connectivity index (χ4n) is 1.96. The average Bonchev–Trinajstić information content (AvgIpc) is 3.25. The Morgan fingerprint density at radius 3 is 2.60 bits per heavy atom. The maximum absolute atomic E-state index is 11.3. The lowest BCUT2D eigenvalue weighted by Gasteiger charge is -2.07. The van der Waals surface area contributed by atoms with Gasteiger partial charge in [0.2, 0.25) is 0 Å². The molecule has 0 saturated carbocycles. The minimum absolute atomic E-state index is 0.185. The number of carbonyl (C=O) groups excluding carboxylic acids is 1. The molecule has 0 aromatic heterocycles. The molecular weight excluding hydrogens is 254 g/mol. The van der Waals surface area contributed by atoms with Gasteiger partial charge in [-0.05, 0) is 49.9 Å². The number of esters is 1. The molecule has 20 heavy (non-hydrogen) atoms. The molecule has 1 aromatic carbocycles. The van der Waals surface area contributed by atoms with Crippen LogP contribution in [0.5, 0.6) is 11.5 Å². The normalized spacial score (nSPS) is 16.8. The largest absolute Gasteiger partial charge is 0.494 e. The second-order valence-electron chi connectivity index (χ2n) is 5.14. The highest BCUT2D eigenvalue weighted by atomic mass is 16.5. The van der Waals surface area contributed by atoms with Crippen molar-refractivity contribution in [2.45, 2.75) is 45.1 Å². The van der Waals surface area contributed by atoms with Crippen molar-refractivity contribution in [1.82, 2.24) is 5.32 Å². The van der Waals surface area contributed by atoms with Gasteiger partial charge < -0.3 is 14.8 Å². The molecule has 1 atom stereocenters. The van der Waals surface area contributed by atoms with Crippen LogP contribution in [-0.4, -0.2) is 25.2 Å². The van der Waals surface area contributed by atoms with Crippen molar-refractivity contribution >= 4 is 5.97 Å². The summed E-state index contributed by atoms with van der Waals surface area (Å²) in [6.45, 7) is 3.87. The van der Waals surface area contributed by atoms with Crippen molar-refractivity contribution in [3.63, 3.8) is 0 Å². The highest BCUT2D eigenvalue weighted by Gasteiger charge is 2.18. The number of carbonyl (C=O) groups is 1. The van der Waals surface area contributed by atoms with E-state index in [1.54, 1.807) is 12.1 Å². The van der Waals surface area contributed by atoms with Gasteiger partial charge in [0, 0.05) is 19.0 Å². The number of hydrogen-bond donors (Lipinski definition) is 1. The number of benzene rings is 1. The van der Waals surface area contributed by atoms with Crippen molar-refractivity contribution in [2.75, 3.05) is 13.2 Å². The first-order valence-corrected chi connectivity index (χ1v) is 7.45. The zero-order chi connectivity index (χ0) is 14.2. The predicted octanol–water partition coefficient (Wildman–Crippen LogP) is 2.91. The van der Waals surface area contributed by atoms with E-state index in [0.717, 1.165) is 31.2 Å². The van der Waals surface area contributed by atoms with Gasteiger partial charge in [-0.15, -0.1) is 0 Å². The first-order chi connectivity index (χ1) is 9.78. The molecule has 0 amide bonds. The Kier molecular flexibility index (Phi) is 5.87. The molecule has 1 unspecified atom stereocenters. The quantitative estimate of drug-likeness (QED) is 0.326. The average molecular weight is 277 g/mol. The molecule has 1 fully saturated rings. The fraction of sp³-hybridized carbons (Fsp3) is 0.562. The van der Waals surface area contributed by atoms with Crippen LogP contribution < -0.4 is 14.8 Å². The zero-order valence-electron chi connectivity index (χ0n) is 12.1. The van der Waals surface area contributed by atoms with Crippen LogP contribution in [0.3, 0.4) is 0 Å². The highest BCUT2D eigenvalue weighted by Crippen LogP contribution is 2.18. The van der Waals surface area contributed by atoms with E-state index in [1.807, 2.05) is 19.1 Å². The van der Waals surface area contributed by atoms with Gasteiger partial charge >= 0.3 is 5.97 Å². The molecule has 0 bridgehead atoms. The molecular formula is C16H23NO3. The maximum Gasteiger partial charge on any atom is 0.311 e. The van der Waals surface area contributed by atoms with Crippen molar-refractivity contribution < 1.29 is 14.3 Å². The van der Waals surface area contributed by atoms with Gasteiger partial charge in [-0.2, -0.15) is 0 Å². The number of nitrogens with one attached hydrogen (secondary N) is 1. The van der Waals surface area contributed by atoms with Gasteiger partial charge in [-0.3, -0.25) is 4.79 Å². The van der Waals surface area contributed by atoms with Crippen molar-refractivity contribution in [1.29, 1.82) is 0 Å². The predicted molar refractivity (Wildman–Crippen MR) is 78.1 cm³/mol. The summed E-state index contributed by atoms with van der Waals surface area (Å²) in [6.07, 6.45) is 4.77. The SMILES string of the molecule is CCCC(=O)Oc1ccc(OCCCCC2CN2)cc1. The van der Waals surface area contributed by atoms with Gasteiger partial charge in [-0.1, -0.05) is 6.92 Å². The molecule has 4 heteroatoms. The third-order valence-corrected chi connectivity index (χ3v) is 3.22. The van der Waals surface area contributed by atoms with E-state index in [4.69, 9.17) is 9.47 Å². The molecule has 4 nitrogen and oxygen atoms in total. The van der Waals surface area contributed by atoms with E-state index in [2.05, 4.69) is 5.32 Å². The summed E-state index contributed by atoms with van der Waals surface area (Å²) in [5.74, 6) is 1.22. The van der Waals surface area contributed by atoms with Crippen molar-refractivity contribution in [3.8, 4) is 11.5 Å². The van der Waals surface area contributed by atoms with Crippen molar-refractivity contribution in [2.24, 2.45) is 0 Å². The van der Waals surface area contributed by atoms with Crippen LogP contribution in [0.4, 0.5) is 0 Å². The van der Waals surface area contributed by atoms with Gasteiger partial charge in [0.05, 0.1) is 6.61 Å². The van der Waals surface area contributed by atoms with Crippen LogP contribution in [-0.2, 0) is 4.79 Å². The van der Waals surface area contributed by atoms with Gasteiger partial charge in [-0.25, -0.2) is 0 Å². The van der Waals surface area contributed by atoms with E-state index in [9.17, 15) is 4.79 Å². The lowest BCUT2D eigenvalue weighted by molar-refractivity contribution is -0.134. The van der Waals surface area contributed by atoms with E-state index in [0.29, 0.717) is 12.2 Å². The van der Waals surface area contributed by atoms with Gasteiger partial charge in [0.1, 0.15) is 11.5 Å². The van der Waals surface area contributed by atoms with Crippen LogP contribution in [0, 0.1) is 0 Å². The first kappa shape index (κ1) is 14.9. The number of unbranched alkanes of at least 4 members (excludes halogenated alkanes) is 1. The molecule has 1 heterocycles. The van der Waals surface area contributed by atoms with Crippen LogP contribution in [0.25, 0.3) is 0 Å². The molecule has 110 valence electrons. The van der Waals surface area contributed by atoms with Gasteiger partial charge in [0.25, 0.3) is 0 Å². The summed E-state index contributed by atoms with van der Waals surface area (Å²) < 4.78 is 10.8. The Balaban J connectivity index is 1.63. The monoisotopic (exact) mass is 277 g/mol. The summed E-state index contributed by atoms with van der Waals surface area (Å²) in [5, 5.41) is 3.29.